The molecule has 0 radical (unpaired) electrons. The number of pyridine rings is 1. The van der Waals surface area contributed by atoms with Crippen LogP contribution in [0.1, 0.15) is 18.4 Å². The number of aromatic nitrogens is 1. The van der Waals surface area contributed by atoms with Gasteiger partial charge in [0.1, 0.15) is 11.9 Å². The predicted octanol–water partition coefficient (Wildman–Crippen LogP) is 0.923. The summed E-state index contributed by atoms with van der Waals surface area (Å²) in [6.45, 7) is 1.49. The lowest BCUT2D eigenvalue weighted by molar-refractivity contribution is 0.0237. The number of nitrogens with two attached hydrogens (primary N) is 1. The summed E-state index contributed by atoms with van der Waals surface area (Å²) >= 11 is 0. The third kappa shape index (κ3) is 2.70. The van der Waals surface area contributed by atoms with E-state index in [1.165, 1.54) is 0 Å². The van der Waals surface area contributed by atoms with Gasteiger partial charge in [-0.15, -0.1) is 0 Å². The Balaban J connectivity index is 1.96. The largest absolute Gasteiger partial charge is 0.474 e. The second-order valence-corrected chi connectivity index (χ2v) is 3.73. The summed E-state index contributed by atoms with van der Waals surface area (Å²) in [5.41, 5.74) is 5.94. The van der Waals surface area contributed by atoms with Gasteiger partial charge in [-0.05, 0) is 6.07 Å². The molecule has 86 valence electrons. The summed E-state index contributed by atoms with van der Waals surface area (Å²) in [5.74, 6) is 0.599. The monoisotopic (exact) mass is 221 g/mol. The molecule has 5 nitrogen and oxygen atoms in total. The molecular formula is C11H15N3O2. The first-order valence-corrected chi connectivity index (χ1v) is 5.30. The summed E-state index contributed by atoms with van der Waals surface area (Å²) in [4.78, 5) is 4.11. The predicted molar refractivity (Wildman–Crippen MR) is 59.7 cm³/mol. The molecule has 5 heteroatoms. The van der Waals surface area contributed by atoms with Gasteiger partial charge >= 0.3 is 0 Å². The van der Waals surface area contributed by atoms with Crippen molar-refractivity contribution in [1.29, 1.82) is 5.41 Å². The molecule has 2 heterocycles. The van der Waals surface area contributed by atoms with E-state index in [1.807, 2.05) is 0 Å². The minimum atomic E-state index is 0.0186. The summed E-state index contributed by atoms with van der Waals surface area (Å²) in [6, 6.07) is 3.48. The van der Waals surface area contributed by atoms with E-state index in [4.69, 9.17) is 20.6 Å². The van der Waals surface area contributed by atoms with E-state index in [0.29, 0.717) is 11.4 Å². The van der Waals surface area contributed by atoms with Crippen LogP contribution in [0.25, 0.3) is 0 Å². The Bertz CT molecular complexity index is 358. The van der Waals surface area contributed by atoms with E-state index >= 15 is 0 Å². The molecule has 1 aliphatic heterocycles. The number of rotatable bonds is 3. The lowest BCUT2D eigenvalue weighted by atomic mass is 10.1. The molecule has 1 aromatic rings. The highest BCUT2D eigenvalue weighted by Crippen LogP contribution is 2.15. The third-order valence-electron chi connectivity index (χ3n) is 2.50. The van der Waals surface area contributed by atoms with E-state index in [1.54, 1.807) is 18.3 Å². The van der Waals surface area contributed by atoms with Gasteiger partial charge in [0.2, 0.25) is 5.88 Å². The Morgan fingerprint density at radius 3 is 2.75 bits per heavy atom. The number of hydrogen-bond donors (Lipinski definition) is 2. The van der Waals surface area contributed by atoms with E-state index < -0.39 is 0 Å². The van der Waals surface area contributed by atoms with E-state index in [9.17, 15) is 0 Å². The van der Waals surface area contributed by atoms with E-state index in [0.717, 1.165) is 26.1 Å². The molecule has 0 saturated carbocycles. The zero-order valence-corrected chi connectivity index (χ0v) is 8.98. The number of ether oxygens (including phenoxy) is 2. The molecule has 0 aliphatic carbocycles. The maximum Gasteiger partial charge on any atom is 0.213 e. The molecule has 1 aromatic heterocycles. The molecule has 0 amide bonds. The molecule has 0 atom stereocenters. The normalized spacial score (nSPS) is 17.0. The van der Waals surface area contributed by atoms with Crippen molar-refractivity contribution in [3.63, 3.8) is 0 Å². The van der Waals surface area contributed by atoms with Crippen molar-refractivity contribution in [2.75, 3.05) is 13.2 Å². The SMILES string of the molecule is N=C(N)c1ccc(OC2CCOCC2)nc1. The minimum absolute atomic E-state index is 0.0186. The van der Waals surface area contributed by atoms with Gasteiger partial charge in [0.25, 0.3) is 0 Å². The van der Waals surface area contributed by atoms with Crippen LogP contribution in [0.15, 0.2) is 18.3 Å². The molecule has 3 N–H and O–H groups in total. The topological polar surface area (TPSA) is 81.2 Å². The lowest BCUT2D eigenvalue weighted by Crippen LogP contribution is -2.26. The van der Waals surface area contributed by atoms with Crippen molar-refractivity contribution in [2.24, 2.45) is 5.73 Å². The van der Waals surface area contributed by atoms with Gasteiger partial charge in [0.05, 0.1) is 13.2 Å². The van der Waals surface area contributed by atoms with Gasteiger partial charge in [-0.2, -0.15) is 0 Å². The highest BCUT2D eigenvalue weighted by atomic mass is 16.5. The van der Waals surface area contributed by atoms with Gasteiger partial charge in [0, 0.05) is 30.7 Å². The van der Waals surface area contributed by atoms with E-state index in [2.05, 4.69) is 4.98 Å². The van der Waals surface area contributed by atoms with Crippen molar-refractivity contribution in [1.82, 2.24) is 4.98 Å². The van der Waals surface area contributed by atoms with Gasteiger partial charge < -0.3 is 15.2 Å². The second kappa shape index (κ2) is 4.94. The Labute approximate surface area is 94.1 Å². The first kappa shape index (κ1) is 10.9. The van der Waals surface area contributed by atoms with Gasteiger partial charge in [0.15, 0.2) is 0 Å². The fourth-order valence-electron chi connectivity index (χ4n) is 1.57. The fourth-order valence-corrected chi connectivity index (χ4v) is 1.57. The first-order chi connectivity index (χ1) is 7.75. The highest BCUT2D eigenvalue weighted by Gasteiger charge is 2.15. The molecule has 2 rings (SSSR count). The zero-order valence-electron chi connectivity index (χ0n) is 8.98. The first-order valence-electron chi connectivity index (χ1n) is 5.30. The maximum absolute atomic E-state index is 7.24. The number of nitrogen functional groups attached to an aromatic ring is 1. The number of nitrogens with one attached hydrogen (secondary N) is 1. The lowest BCUT2D eigenvalue weighted by Gasteiger charge is -2.22. The Kier molecular flexibility index (Phi) is 3.36. The van der Waals surface area contributed by atoms with Gasteiger partial charge in [-0.3, -0.25) is 5.41 Å². The summed E-state index contributed by atoms with van der Waals surface area (Å²) in [7, 11) is 0. The molecule has 1 aliphatic rings. The van der Waals surface area contributed by atoms with Crippen LogP contribution in [0.3, 0.4) is 0 Å². The Morgan fingerprint density at radius 2 is 2.19 bits per heavy atom. The molecule has 0 unspecified atom stereocenters. The van der Waals surface area contributed by atoms with Crippen molar-refractivity contribution < 1.29 is 9.47 Å². The van der Waals surface area contributed by atoms with Crippen LogP contribution < -0.4 is 10.5 Å². The van der Waals surface area contributed by atoms with Crippen LogP contribution in [0.2, 0.25) is 0 Å². The van der Waals surface area contributed by atoms with Crippen LogP contribution in [0.4, 0.5) is 0 Å². The van der Waals surface area contributed by atoms with Crippen molar-refractivity contribution in [2.45, 2.75) is 18.9 Å². The zero-order chi connectivity index (χ0) is 11.4. The Morgan fingerprint density at radius 1 is 1.44 bits per heavy atom. The number of amidine groups is 1. The molecule has 0 bridgehead atoms. The second-order valence-electron chi connectivity index (χ2n) is 3.73. The van der Waals surface area contributed by atoms with Crippen LogP contribution >= 0.6 is 0 Å². The minimum Gasteiger partial charge on any atom is -0.474 e. The molecule has 1 saturated heterocycles. The van der Waals surface area contributed by atoms with Crippen molar-refractivity contribution >= 4 is 5.84 Å². The standard InChI is InChI=1S/C11H15N3O2/c12-11(13)8-1-2-10(14-7-8)16-9-3-5-15-6-4-9/h1-2,7,9H,3-6H2,(H3,12,13). The van der Waals surface area contributed by atoms with Crippen LogP contribution in [0.5, 0.6) is 5.88 Å². The molecule has 16 heavy (non-hydrogen) atoms. The summed E-state index contributed by atoms with van der Waals surface area (Å²) in [5, 5.41) is 7.24. The third-order valence-corrected chi connectivity index (χ3v) is 2.50. The molecular weight excluding hydrogens is 206 g/mol. The molecule has 0 aromatic carbocycles. The summed E-state index contributed by atoms with van der Waals surface area (Å²) in [6.07, 6.45) is 3.54. The van der Waals surface area contributed by atoms with E-state index in [-0.39, 0.29) is 11.9 Å². The van der Waals surface area contributed by atoms with Gasteiger partial charge in [-0.1, -0.05) is 0 Å². The van der Waals surface area contributed by atoms with Crippen LogP contribution in [-0.2, 0) is 4.74 Å². The maximum atomic E-state index is 7.24. The van der Waals surface area contributed by atoms with Crippen LogP contribution in [0, 0.1) is 5.41 Å². The average molecular weight is 221 g/mol. The summed E-state index contributed by atoms with van der Waals surface area (Å²) < 4.78 is 10.9. The molecule has 1 fully saturated rings. The van der Waals surface area contributed by atoms with Crippen LogP contribution in [-0.4, -0.2) is 30.1 Å². The fraction of sp³-hybridized carbons (Fsp3) is 0.455. The number of hydrogen-bond acceptors (Lipinski definition) is 4. The van der Waals surface area contributed by atoms with Crippen molar-refractivity contribution in [3.05, 3.63) is 23.9 Å². The number of nitrogens with zero attached hydrogens (tertiary/aromatic N) is 1. The molecule has 0 spiro atoms. The van der Waals surface area contributed by atoms with Gasteiger partial charge in [-0.25, -0.2) is 4.98 Å². The highest BCUT2D eigenvalue weighted by molar-refractivity contribution is 5.94. The smallest absolute Gasteiger partial charge is 0.213 e. The van der Waals surface area contributed by atoms with Crippen molar-refractivity contribution in [3.8, 4) is 5.88 Å². The Hall–Kier alpha value is -1.62. The average Bonchev–Trinajstić information content (AvgIpc) is 2.31. The quantitative estimate of drug-likeness (QED) is 0.587.